The lowest BCUT2D eigenvalue weighted by Crippen LogP contribution is -2.15. The highest BCUT2D eigenvalue weighted by Crippen LogP contribution is 2.32. The second-order valence-corrected chi connectivity index (χ2v) is 5.08. The molecule has 0 spiro atoms. The predicted octanol–water partition coefficient (Wildman–Crippen LogP) is 4.02. The van der Waals surface area contributed by atoms with Gasteiger partial charge in [-0.1, -0.05) is 37.3 Å². The van der Waals surface area contributed by atoms with Crippen LogP contribution in [0.5, 0.6) is 5.75 Å². The van der Waals surface area contributed by atoms with E-state index in [2.05, 4.69) is 29.3 Å². The number of hydrogen-bond donors (Lipinski definition) is 2. The zero-order chi connectivity index (χ0) is 14.5. The van der Waals surface area contributed by atoms with Crippen LogP contribution in [0.3, 0.4) is 0 Å². The number of benzene rings is 2. The summed E-state index contributed by atoms with van der Waals surface area (Å²) in [6.45, 7) is 2.11. The number of phenols is 1. The summed E-state index contributed by atoms with van der Waals surface area (Å²) < 4.78 is 0. The minimum absolute atomic E-state index is 0.0947. The summed E-state index contributed by atoms with van der Waals surface area (Å²) in [5, 5.41) is 13.6. The lowest BCUT2D eigenvalue weighted by molar-refractivity contribution is 0.463. The van der Waals surface area contributed by atoms with Gasteiger partial charge in [0.2, 0.25) is 0 Å². The van der Waals surface area contributed by atoms with Gasteiger partial charge < -0.3 is 15.3 Å². The number of para-hydroxylation sites is 3. The van der Waals surface area contributed by atoms with E-state index in [1.807, 2.05) is 44.4 Å². The van der Waals surface area contributed by atoms with Crippen molar-refractivity contribution < 1.29 is 5.11 Å². The lowest BCUT2D eigenvalue weighted by atomic mass is 10.0. The van der Waals surface area contributed by atoms with E-state index in [1.54, 1.807) is 6.07 Å². The SMILES string of the molecule is CCC(Nc1ccccc1N(C)C)c1ccccc1O. The Hall–Kier alpha value is -2.16. The molecule has 3 heteroatoms. The van der Waals surface area contributed by atoms with E-state index in [0.717, 1.165) is 23.4 Å². The van der Waals surface area contributed by atoms with Crippen LogP contribution in [0.4, 0.5) is 11.4 Å². The highest BCUT2D eigenvalue weighted by molar-refractivity contribution is 5.70. The standard InChI is InChI=1S/C17H22N2O/c1-4-14(13-9-5-8-12-17(13)20)18-15-10-6-7-11-16(15)19(2)3/h5-12,14,18,20H,4H2,1-3H3. The Morgan fingerprint density at radius 2 is 1.70 bits per heavy atom. The molecule has 0 aliphatic carbocycles. The van der Waals surface area contributed by atoms with E-state index in [-0.39, 0.29) is 6.04 Å². The molecule has 0 fully saturated rings. The molecular formula is C17H22N2O. The average molecular weight is 270 g/mol. The van der Waals surface area contributed by atoms with E-state index in [4.69, 9.17) is 0 Å². The van der Waals surface area contributed by atoms with Gasteiger partial charge in [0.25, 0.3) is 0 Å². The van der Waals surface area contributed by atoms with E-state index < -0.39 is 0 Å². The van der Waals surface area contributed by atoms with Crippen molar-refractivity contribution in [3.05, 3.63) is 54.1 Å². The van der Waals surface area contributed by atoms with Crippen LogP contribution in [0.1, 0.15) is 24.9 Å². The molecule has 0 aliphatic rings. The summed E-state index contributed by atoms with van der Waals surface area (Å²) in [7, 11) is 4.06. The molecule has 0 saturated heterocycles. The van der Waals surface area contributed by atoms with Crippen molar-refractivity contribution in [2.45, 2.75) is 19.4 Å². The Bertz CT molecular complexity index is 566. The Kier molecular flexibility index (Phi) is 4.51. The maximum absolute atomic E-state index is 10.0. The fourth-order valence-corrected chi connectivity index (χ4v) is 2.36. The Balaban J connectivity index is 2.30. The maximum atomic E-state index is 10.0. The maximum Gasteiger partial charge on any atom is 0.120 e. The quantitative estimate of drug-likeness (QED) is 0.861. The van der Waals surface area contributed by atoms with E-state index in [1.165, 1.54) is 0 Å². The summed E-state index contributed by atoms with van der Waals surface area (Å²) >= 11 is 0. The second kappa shape index (κ2) is 6.33. The first-order chi connectivity index (χ1) is 9.63. The van der Waals surface area contributed by atoms with Crippen LogP contribution in [0.25, 0.3) is 0 Å². The number of aromatic hydroxyl groups is 1. The molecule has 106 valence electrons. The van der Waals surface area contributed by atoms with Gasteiger partial charge in [0.15, 0.2) is 0 Å². The summed E-state index contributed by atoms with van der Waals surface area (Å²) in [5.41, 5.74) is 3.15. The number of hydrogen-bond acceptors (Lipinski definition) is 3. The first-order valence-corrected chi connectivity index (χ1v) is 6.94. The molecule has 0 bridgehead atoms. The highest BCUT2D eigenvalue weighted by Gasteiger charge is 2.14. The molecule has 1 unspecified atom stereocenters. The molecule has 0 heterocycles. The van der Waals surface area contributed by atoms with Crippen LogP contribution >= 0.6 is 0 Å². The van der Waals surface area contributed by atoms with Gasteiger partial charge in [-0.2, -0.15) is 0 Å². The second-order valence-electron chi connectivity index (χ2n) is 5.08. The van der Waals surface area contributed by atoms with Gasteiger partial charge in [-0.05, 0) is 24.6 Å². The van der Waals surface area contributed by atoms with Gasteiger partial charge in [-0.3, -0.25) is 0 Å². The predicted molar refractivity (Wildman–Crippen MR) is 85.5 cm³/mol. The highest BCUT2D eigenvalue weighted by atomic mass is 16.3. The van der Waals surface area contributed by atoms with Crippen molar-refractivity contribution in [3.8, 4) is 5.75 Å². The van der Waals surface area contributed by atoms with Gasteiger partial charge in [0, 0.05) is 19.7 Å². The first-order valence-electron chi connectivity index (χ1n) is 6.94. The third kappa shape index (κ3) is 3.05. The van der Waals surface area contributed by atoms with Gasteiger partial charge in [0.1, 0.15) is 5.75 Å². The lowest BCUT2D eigenvalue weighted by Gasteiger charge is -2.24. The number of rotatable bonds is 5. The molecule has 0 aliphatic heterocycles. The normalized spacial score (nSPS) is 11.9. The molecule has 2 aromatic carbocycles. The first kappa shape index (κ1) is 14.3. The van der Waals surface area contributed by atoms with Gasteiger partial charge in [-0.15, -0.1) is 0 Å². The number of nitrogens with one attached hydrogen (secondary N) is 1. The summed E-state index contributed by atoms with van der Waals surface area (Å²) in [6, 6.07) is 15.8. The Labute approximate surface area is 120 Å². The average Bonchev–Trinajstić information content (AvgIpc) is 2.46. The third-order valence-corrected chi connectivity index (χ3v) is 3.44. The fourth-order valence-electron chi connectivity index (χ4n) is 2.36. The Morgan fingerprint density at radius 3 is 2.35 bits per heavy atom. The zero-order valence-electron chi connectivity index (χ0n) is 12.3. The van der Waals surface area contributed by atoms with Crippen LogP contribution in [0.2, 0.25) is 0 Å². The minimum Gasteiger partial charge on any atom is -0.508 e. The van der Waals surface area contributed by atoms with Gasteiger partial charge in [-0.25, -0.2) is 0 Å². The molecular weight excluding hydrogens is 248 g/mol. The zero-order valence-corrected chi connectivity index (χ0v) is 12.3. The molecule has 20 heavy (non-hydrogen) atoms. The van der Waals surface area contributed by atoms with Crippen LogP contribution in [-0.4, -0.2) is 19.2 Å². The monoisotopic (exact) mass is 270 g/mol. The fraction of sp³-hybridized carbons (Fsp3) is 0.294. The molecule has 0 aromatic heterocycles. The molecule has 0 radical (unpaired) electrons. The number of phenolic OH excluding ortho intramolecular Hbond substituents is 1. The largest absolute Gasteiger partial charge is 0.508 e. The molecule has 3 nitrogen and oxygen atoms in total. The summed E-state index contributed by atoms with van der Waals surface area (Å²) in [4.78, 5) is 2.08. The van der Waals surface area contributed by atoms with E-state index in [0.29, 0.717) is 5.75 Å². The Morgan fingerprint density at radius 1 is 1.05 bits per heavy atom. The number of anilines is 2. The van der Waals surface area contributed by atoms with Crippen molar-refractivity contribution in [1.29, 1.82) is 0 Å². The summed E-state index contributed by atoms with van der Waals surface area (Å²) in [5.74, 6) is 0.342. The van der Waals surface area contributed by atoms with Crippen molar-refractivity contribution in [1.82, 2.24) is 0 Å². The minimum atomic E-state index is 0.0947. The molecule has 0 saturated carbocycles. The van der Waals surface area contributed by atoms with Crippen LogP contribution in [0.15, 0.2) is 48.5 Å². The molecule has 0 amide bonds. The third-order valence-electron chi connectivity index (χ3n) is 3.44. The van der Waals surface area contributed by atoms with Crippen molar-refractivity contribution in [2.75, 3.05) is 24.3 Å². The van der Waals surface area contributed by atoms with E-state index >= 15 is 0 Å². The molecule has 1 atom stereocenters. The van der Waals surface area contributed by atoms with Crippen LogP contribution in [-0.2, 0) is 0 Å². The smallest absolute Gasteiger partial charge is 0.120 e. The van der Waals surface area contributed by atoms with Gasteiger partial charge >= 0.3 is 0 Å². The number of nitrogens with zero attached hydrogens (tertiary/aromatic N) is 1. The summed E-state index contributed by atoms with van der Waals surface area (Å²) in [6.07, 6.45) is 0.902. The van der Waals surface area contributed by atoms with Crippen molar-refractivity contribution >= 4 is 11.4 Å². The van der Waals surface area contributed by atoms with Crippen LogP contribution < -0.4 is 10.2 Å². The topological polar surface area (TPSA) is 35.5 Å². The molecule has 2 aromatic rings. The van der Waals surface area contributed by atoms with Gasteiger partial charge in [0.05, 0.1) is 17.4 Å². The molecule has 2 rings (SSSR count). The van der Waals surface area contributed by atoms with Crippen molar-refractivity contribution in [3.63, 3.8) is 0 Å². The van der Waals surface area contributed by atoms with Crippen LogP contribution in [0, 0.1) is 0 Å². The van der Waals surface area contributed by atoms with E-state index in [9.17, 15) is 5.11 Å². The molecule has 2 N–H and O–H groups in total. The van der Waals surface area contributed by atoms with Crippen molar-refractivity contribution in [2.24, 2.45) is 0 Å².